The molecule has 0 saturated carbocycles. The summed E-state index contributed by atoms with van der Waals surface area (Å²) in [6.45, 7) is 3.90. The van der Waals surface area contributed by atoms with Crippen molar-refractivity contribution in [3.63, 3.8) is 0 Å². The van der Waals surface area contributed by atoms with E-state index in [1.165, 1.54) is 18.4 Å². The van der Waals surface area contributed by atoms with E-state index < -0.39 is 0 Å². The first-order valence-corrected chi connectivity index (χ1v) is 6.34. The second kappa shape index (κ2) is 7.39. The highest BCUT2D eigenvalue weighted by atomic mass is 35.5. The Morgan fingerprint density at radius 1 is 1.39 bits per heavy atom. The molecule has 4 heteroatoms. The lowest BCUT2D eigenvalue weighted by Crippen LogP contribution is -2.30. The average molecular weight is 269 g/mol. The van der Waals surface area contributed by atoms with E-state index in [0.29, 0.717) is 6.04 Å². The smallest absolute Gasteiger partial charge is 0.251 e. The van der Waals surface area contributed by atoms with Crippen LogP contribution in [-0.4, -0.2) is 25.0 Å². The predicted molar refractivity (Wildman–Crippen MR) is 76.4 cm³/mol. The first-order valence-electron chi connectivity index (χ1n) is 6.34. The molecule has 0 spiro atoms. The van der Waals surface area contributed by atoms with Gasteiger partial charge in [-0.25, -0.2) is 0 Å². The minimum Gasteiger partial charge on any atom is -0.352 e. The minimum absolute atomic E-state index is 0. The molecular weight excluding hydrogens is 248 g/mol. The van der Waals surface area contributed by atoms with Crippen LogP contribution in [0.5, 0.6) is 0 Å². The van der Waals surface area contributed by atoms with Crippen molar-refractivity contribution in [2.75, 3.05) is 13.1 Å². The average Bonchev–Trinajstić information content (AvgIpc) is 2.83. The maximum atomic E-state index is 11.8. The zero-order valence-corrected chi connectivity index (χ0v) is 11.6. The van der Waals surface area contributed by atoms with Crippen molar-refractivity contribution in [3.05, 3.63) is 35.4 Å². The second-order valence-electron chi connectivity index (χ2n) is 4.70. The van der Waals surface area contributed by atoms with Crippen molar-refractivity contribution in [1.82, 2.24) is 10.6 Å². The summed E-state index contributed by atoms with van der Waals surface area (Å²) in [7, 11) is 0. The van der Waals surface area contributed by atoms with E-state index in [1.54, 1.807) is 0 Å². The van der Waals surface area contributed by atoms with Crippen LogP contribution < -0.4 is 10.6 Å². The number of hydrogen-bond acceptors (Lipinski definition) is 2. The zero-order valence-electron chi connectivity index (χ0n) is 10.7. The van der Waals surface area contributed by atoms with Gasteiger partial charge >= 0.3 is 0 Å². The van der Waals surface area contributed by atoms with Gasteiger partial charge in [0.1, 0.15) is 0 Å². The van der Waals surface area contributed by atoms with Gasteiger partial charge in [-0.2, -0.15) is 0 Å². The normalized spacial score (nSPS) is 18.2. The molecule has 1 fully saturated rings. The fourth-order valence-corrected chi connectivity index (χ4v) is 2.17. The number of nitrogens with one attached hydrogen (secondary N) is 2. The first kappa shape index (κ1) is 15.0. The van der Waals surface area contributed by atoms with Gasteiger partial charge in [-0.1, -0.05) is 17.7 Å². The summed E-state index contributed by atoms with van der Waals surface area (Å²) in [5.41, 5.74) is 1.92. The van der Waals surface area contributed by atoms with Gasteiger partial charge in [0.15, 0.2) is 0 Å². The Hall–Kier alpha value is -1.06. The standard InChI is InChI=1S/C14H20N2O.ClH/c1-11-4-6-12(7-5-11)14(17)16-10-8-13-3-2-9-15-13;/h4-7,13,15H,2-3,8-10H2,1H3,(H,16,17);1H/t13-;/m1./s1. The Bertz CT molecular complexity index is 372. The number of carbonyl (C=O) groups is 1. The number of carbonyl (C=O) groups excluding carboxylic acids is 1. The third kappa shape index (κ3) is 4.31. The zero-order chi connectivity index (χ0) is 12.1. The molecular formula is C14H21ClN2O. The molecule has 1 aromatic rings. The number of aryl methyl sites for hydroxylation is 1. The number of amides is 1. The van der Waals surface area contributed by atoms with Gasteiger partial charge < -0.3 is 10.6 Å². The van der Waals surface area contributed by atoms with Crippen molar-refractivity contribution in [3.8, 4) is 0 Å². The maximum absolute atomic E-state index is 11.8. The molecule has 1 aromatic carbocycles. The Kier molecular flexibility index (Phi) is 6.16. The van der Waals surface area contributed by atoms with E-state index in [0.717, 1.165) is 25.1 Å². The van der Waals surface area contributed by atoms with E-state index in [1.807, 2.05) is 31.2 Å². The largest absolute Gasteiger partial charge is 0.352 e. The van der Waals surface area contributed by atoms with Crippen LogP contribution in [0.3, 0.4) is 0 Å². The van der Waals surface area contributed by atoms with Gasteiger partial charge in [0.25, 0.3) is 5.91 Å². The van der Waals surface area contributed by atoms with Crippen LogP contribution in [-0.2, 0) is 0 Å². The summed E-state index contributed by atoms with van der Waals surface area (Å²) in [5.74, 6) is 0.0306. The Morgan fingerprint density at radius 3 is 2.72 bits per heavy atom. The molecule has 18 heavy (non-hydrogen) atoms. The van der Waals surface area contributed by atoms with Crippen molar-refractivity contribution < 1.29 is 4.79 Å². The van der Waals surface area contributed by atoms with Crippen molar-refractivity contribution in [1.29, 1.82) is 0 Å². The van der Waals surface area contributed by atoms with Crippen molar-refractivity contribution in [2.45, 2.75) is 32.2 Å². The van der Waals surface area contributed by atoms with Crippen LogP contribution in [0.2, 0.25) is 0 Å². The van der Waals surface area contributed by atoms with Gasteiger partial charge in [-0.15, -0.1) is 12.4 Å². The Labute approximate surface area is 115 Å². The highest BCUT2D eigenvalue weighted by Crippen LogP contribution is 2.08. The number of rotatable bonds is 4. The highest BCUT2D eigenvalue weighted by Gasteiger charge is 2.13. The van der Waals surface area contributed by atoms with Gasteiger partial charge in [0, 0.05) is 18.2 Å². The van der Waals surface area contributed by atoms with Crippen LogP contribution in [0.4, 0.5) is 0 Å². The SMILES string of the molecule is Cc1ccc(C(=O)NCC[C@H]2CCCN2)cc1.Cl. The number of halogens is 1. The maximum Gasteiger partial charge on any atom is 0.251 e. The van der Waals surface area contributed by atoms with Crippen LogP contribution in [0.1, 0.15) is 35.2 Å². The van der Waals surface area contributed by atoms with Gasteiger partial charge in [-0.3, -0.25) is 4.79 Å². The summed E-state index contributed by atoms with van der Waals surface area (Å²) < 4.78 is 0. The highest BCUT2D eigenvalue weighted by molar-refractivity contribution is 5.94. The summed E-state index contributed by atoms with van der Waals surface area (Å²) in [5, 5.41) is 6.39. The molecule has 1 aliphatic rings. The first-order chi connectivity index (χ1) is 8.25. The molecule has 100 valence electrons. The molecule has 1 amide bonds. The van der Waals surface area contributed by atoms with E-state index >= 15 is 0 Å². The third-order valence-corrected chi connectivity index (χ3v) is 3.25. The second-order valence-corrected chi connectivity index (χ2v) is 4.70. The van der Waals surface area contributed by atoms with E-state index in [-0.39, 0.29) is 18.3 Å². The molecule has 1 atom stereocenters. The molecule has 0 unspecified atom stereocenters. The molecule has 1 aliphatic heterocycles. The lowest BCUT2D eigenvalue weighted by Gasteiger charge is -2.10. The minimum atomic E-state index is 0. The molecule has 1 heterocycles. The molecule has 0 bridgehead atoms. The summed E-state index contributed by atoms with van der Waals surface area (Å²) in [6.07, 6.45) is 3.52. The fraction of sp³-hybridized carbons (Fsp3) is 0.500. The van der Waals surface area contributed by atoms with Crippen molar-refractivity contribution >= 4 is 18.3 Å². The van der Waals surface area contributed by atoms with Crippen LogP contribution in [0.15, 0.2) is 24.3 Å². The predicted octanol–water partition coefficient (Wildman–Crippen LogP) is 2.29. The molecule has 2 rings (SSSR count). The van der Waals surface area contributed by atoms with Crippen molar-refractivity contribution in [2.24, 2.45) is 0 Å². The van der Waals surface area contributed by atoms with Crippen LogP contribution >= 0.6 is 12.4 Å². The lowest BCUT2D eigenvalue weighted by molar-refractivity contribution is 0.0952. The number of hydrogen-bond donors (Lipinski definition) is 2. The van der Waals surface area contributed by atoms with E-state index in [4.69, 9.17) is 0 Å². The molecule has 0 aliphatic carbocycles. The fourth-order valence-electron chi connectivity index (χ4n) is 2.17. The Balaban J connectivity index is 0.00000162. The molecule has 0 aromatic heterocycles. The Morgan fingerprint density at radius 2 is 2.11 bits per heavy atom. The number of benzene rings is 1. The lowest BCUT2D eigenvalue weighted by atomic mass is 10.1. The van der Waals surface area contributed by atoms with Crippen LogP contribution in [0, 0.1) is 6.92 Å². The third-order valence-electron chi connectivity index (χ3n) is 3.25. The molecule has 1 saturated heterocycles. The van der Waals surface area contributed by atoms with Gasteiger partial charge in [0.05, 0.1) is 0 Å². The van der Waals surface area contributed by atoms with Gasteiger partial charge in [0.2, 0.25) is 0 Å². The summed E-state index contributed by atoms with van der Waals surface area (Å²) >= 11 is 0. The molecule has 3 nitrogen and oxygen atoms in total. The van der Waals surface area contributed by atoms with Gasteiger partial charge in [-0.05, 0) is 44.9 Å². The molecule has 2 N–H and O–H groups in total. The monoisotopic (exact) mass is 268 g/mol. The van der Waals surface area contributed by atoms with E-state index in [9.17, 15) is 4.79 Å². The summed E-state index contributed by atoms with van der Waals surface area (Å²) in [4.78, 5) is 11.8. The van der Waals surface area contributed by atoms with Crippen LogP contribution in [0.25, 0.3) is 0 Å². The molecule has 0 radical (unpaired) electrons. The quantitative estimate of drug-likeness (QED) is 0.880. The van der Waals surface area contributed by atoms with E-state index in [2.05, 4.69) is 10.6 Å². The topological polar surface area (TPSA) is 41.1 Å². The summed E-state index contributed by atoms with van der Waals surface area (Å²) in [6, 6.07) is 8.27.